The van der Waals surface area contributed by atoms with E-state index in [1.54, 1.807) is 0 Å². The maximum Gasteiger partial charge on any atom is 0.251 e. The second-order valence-electron chi connectivity index (χ2n) is 13.2. The number of aliphatic imine (C=N–C) groups is 1. The second kappa shape index (κ2) is 11.7. The topological polar surface area (TPSA) is 82.7 Å². The third kappa shape index (κ3) is 6.16. The van der Waals surface area contributed by atoms with Gasteiger partial charge in [0.1, 0.15) is 5.82 Å². The summed E-state index contributed by atoms with van der Waals surface area (Å²) in [4.78, 5) is 18.8. The van der Waals surface area contributed by atoms with Crippen LogP contribution in [0.25, 0.3) is 11.0 Å². The van der Waals surface area contributed by atoms with Crippen LogP contribution in [0.15, 0.2) is 88.4 Å². The second-order valence-corrected chi connectivity index (χ2v) is 13.2. The smallest absolute Gasteiger partial charge is 0.251 e. The molecule has 5 aromatic rings. The van der Waals surface area contributed by atoms with E-state index in [9.17, 15) is 8.78 Å². The normalized spacial score (nSPS) is 18.4. The minimum Gasteiger partial charge on any atom is -0.371 e. The van der Waals surface area contributed by atoms with Gasteiger partial charge in [-0.2, -0.15) is 4.98 Å². The Labute approximate surface area is 272 Å². The monoisotopic (exact) mass is 633 g/mol. The molecule has 240 valence electrons. The van der Waals surface area contributed by atoms with E-state index in [0.717, 1.165) is 52.4 Å². The zero-order valence-corrected chi connectivity index (χ0v) is 26.4. The molecule has 2 aromatic heterocycles. The first-order valence-electron chi connectivity index (χ1n) is 16.5. The van der Waals surface area contributed by atoms with Crippen LogP contribution in [0.5, 0.6) is 0 Å². The Balaban J connectivity index is 1.19. The molecule has 3 aromatic carbocycles. The third-order valence-corrected chi connectivity index (χ3v) is 9.86. The summed E-state index contributed by atoms with van der Waals surface area (Å²) in [6.07, 6.45) is 4.56. The van der Waals surface area contributed by atoms with Crippen molar-refractivity contribution in [2.24, 2.45) is 10.4 Å². The summed E-state index contributed by atoms with van der Waals surface area (Å²) in [6.45, 7) is 4.20. The average molecular weight is 634 g/mol. The highest BCUT2D eigenvalue weighted by Crippen LogP contribution is 2.54. The number of hydrogen-bond donors (Lipinski definition) is 1. The van der Waals surface area contributed by atoms with Crippen LogP contribution in [0.2, 0.25) is 0 Å². The summed E-state index contributed by atoms with van der Waals surface area (Å²) in [5.74, 6) is -1.11. The maximum atomic E-state index is 13.9. The molecule has 1 spiro atoms. The molecule has 10 heteroatoms. The van der Waals surface area contributed by atoms with Crippen molar-refractivity contribution in [2.75, 3.05) is 41.3 Å². The van der Waals surface area contributed by atoms with Crippen molar-refractivity contribution in [3.8, 4) is 0 Å². The minimum absolute atomic E-state index is 0.206. The molecule has 3 aliphatic rings. The number of alkyl halides is 2. The highest BCUT2D eigenvalue weighted by molar-refractivity contribution is 6.14. The van der Waals surface area contributed by atoms with Gasteiger partial charge in [-0.1, -0.05) is 65.8 Å². The molecule has 0 atom stereocenters. The molecule has 0 amide bonds. The van der Waals surface area contributed by atoms with Crippen molar-refractivity contribution in [3.05, 3.63) is 95.7 Å². The molecule has 0 radical (unpaired) electrons. The zero-order valence-electron chi connectivity index (χ0n) is 26.4. The number of piperidine rings is 2. The predicted molar refractivity (Wildman–Crippen MR) is 182 cm³/mol. The Bertz CT molecular complexity index is 1880. The first-order valence-corrected chi connectivity index (χ1v) is 16.5. The number of rotatable bonds is 7. The Morgan fingerprint density at radius 3 is 2.06 bits per heavy atom. The molecule has 0 bridgehead atoms. The lowest BCUT2D eigenvalue weighted by Gasteiger charge is -2.34. The SMILES string of the molecule is Cc1cc(Nc2noc3cc(N=C(c4ccccc4)c4ccccc4)cc(N4CCC5(CC4)CC5)c23)nc(N2CCC(F)(F)CC2)n1. The number of nitrogens with one attached hydrogen (secondary N) is 1. The van der Waals surface area contributed by atoms with Gasteiger partial charge >= 0.3 is 0 Å². The van der Waals surface area contributed by atoms with Crippen LogP contribution < -0.4 is 15.1 Å². The van der Waals surface area contributed by atoms with Crippen molar-refractivity contribution in [1.82, 2.24) is 15.1 Å². The van der Waals surface area contributed by atoms with Gasteiger partial charge in [0.2, 0.25) is 5.95 Å². The fourth-order valence-corrected chi connectivity index (χ4v) is 6.87. The maximum absolute atomic E-state index is 13.9. The molecule has 2 aliphatic heterocycles. The Hall–Kier alpha value is -4.86. The summed E-state index contributed by atoms with van der Waals surface area (Å²) in [6, 6.07) is 26.4. The lowest BCUT2D eigenvalue weighted by atomic mass is 9.93. The van der Waals surface area contributed by atoms with Crippen LogP contribution in [-0.2, 0) is 0 Å². The number of aryl methyl sites for hydroxylation is 1. The summed E-state index contributed by atoms with van der Waals surface area (Å²) < 4.78 is 33.7. The van der Waals surface area contributed by atoms with E-state index in [1.165, 1.54) is 25.7 Å². The van der Waals surface area contributed by atoms with Gasteiger partial charge in [-0.05, 0) is 44.1 Å². The van der Waals surface area contributed by atoms with Gasteiger partial charge in [0.15, 0.2) is 11.4 Å². The molecular formula is C37H37F2N7O. The molecular weight excluding hydrogens is 596 g/mol. The number of halogens is 2. The average Bonchev–Trinajstić information content (AvgIpc) is 3.72. The van der Waals surface area contributed by atoms with E-state index < -0.39 is 5.92 Å². The van der Waals surface area contributed by atoms with E-state index in [4.69, 9.17) is 14.5 Å². The van der Waals surface area contributed by atoms with E-state index in [2.05, 4.69) is 50.7 Å². The fraction of sp³-hybridized carbons (Fsp3) is 0.351. The molecule has 3 fully saturated rings. The van der Waals surface area contributed by atoms with Crippen LogP contribution in [0.4, 0.5) is 37.7 Å². The largest absolute Gasteiger partial charge is 0.371 e. The van der Waals surface area contributed by atoms with Crippen LogP contribution in [0, 0.1) is 12.3 Å². The molecule has 8 nitrogen and oxygen atoms in total. The lowest BCUT2D eigenvalue weighted by Crippen LogP contribution is -2.40. The van der Waals surface area contributed by atoms with Gasteiger partial charge in [0.25, 0.3) is 5.92 Å². The van der Waals surface area contributed by atoms with E-state index in [1.807, 2.05) is 60.4 Å². The fourth-order valence-electron chi connectivity index (χ4n) is 6.87. The number of aromatic nitrogens is 3. The summed E-state index contributed by atoms with van der Waals surface area (Å²) in [5, 5.41) is 8.74. The van der Waals surface area contributed by atoms with Gasteiger partial charge in [0.05, 0.1) is 22.5 Å². The van der Waals surface area contributed by atoms with Crippen LogP contribution in [0.3, 0.4) is 0 Å². The lowest BCUT2D eigenvalue weighted by molar-refractivity contribution is -0.0222. The molecule has 4 heterocycles. The van der Waals surface area contributed by atoms with E-state index in [0.29, 0.717) is 28.6 Å². The van der Waals surface area contributed by atoms with Crippen molar-refractivity contribution in [1.29, 1.82) is 0 Å². The number of fused-ring (bicyclic) bond motifs is 1. The summed E-state index contributed by atoms with van der Waals surface area (Å²) in [5.41, 5.74) is 6.62. The Morgan fingerprint density at radius 2 is 1.43 bits per heavy atom. The predicted octanol–water partition coefficient (Wildman–Crippen LogP) is 8.45. The standard InChI is InChI=1S/C37H37F2N7O/c1-25-22-31(43-35(40-25)46-20-16-37(38,39)17-21-46)42-34-32-29(45-18-14-36(12-13-36)15-19-45)23-28(24-30(32)47-44-34)41-33(26-8-4-2-5-9-26)27-10-6-3-7-11-27/h2-11,22-24H,12-21H2,1H3,(H,40,42,43,44). The van der Waals surface area contributed by atoms with Gasteiger partial charge in [-0.25, -0.2) is 18.8 Å². The van der Waals surface area contributed by atoms with Crippen LogP contribution >= 0.6 is 0 Å². The number of nitrogens with zero attached hydrogens (tertiary/aromatic N) is 6. The molecule has 1 N–H and O–H groups in total. The highest BCUT2D eigenvalue weighted by Gasteiger charge is 2.44. The number of hydrogen-bond acceptors (Lipinski definition) is 8. The molecule has 2 saturated heterocycles. The van der Waals surface area contributed by atoms with Crippen LogP contribution in [0.1, 0.15) is 55.3 Å². The summed E-state index contributed by atoms with van der Waals surface area (Å²) in [7, 11) is 0. The zero-order chi connectivity index (χ0) is 32.0. The van der Waals surface area contributed by atoms with Gasteiger partial charge < -0.3 is 19.6 Å². The molecule has 0 unspecified atom stereocenters. The summed E-state index contributed by atoms with van der Waals surface area (Å²) >= 11 is 0. The highest BCUT2D eigenvalue weighted by atomic mass is 19.3. The Kier molecular flexibility index (Phi) is 7.38. The molecule has 1 aliphatic carbocycles. The number of anilines is 4. The van der Waals surface area contributed by atoms with E-state index in [-0.39, 0.29) is 25.9 Å². The van der Waals surface area contributed by atoms with Crippen molar-refractivity contribution >= 4 is 45.6 Å². The van der Waals surface area contributed by atoms with Crippen molar-refractivity contribution in [2.45, 2.75) is 51.4 Å². The van der Waals surface area contributed by atoms with E-state index >= 15 is 0 Å². The molecule has 47 heavy (non-hydrogen) atoms. The number of benzene rings is 3. The first kappa shape index (κ1) is 29.5. The molecule has 1 saturated carbocycles. The molecule has 8 rings (SSSR count). The first-order chi connectivity index (χ1) is 22.8. The van der Waals surface area contributed by atoms with Crippen molar-refractivity contribution in [3.63, 3.8) is 0 Å². The Morgan fingerprint density at radius 1 is 0.787 bits per heavy atom. The van der Waals surface area contributed by atoms with Gasteiger partial charge in [-0.3, -0.25) is 0 Å². The van der Waals surface area contributed by atoms with Crippen molar-refractivity contribution < 1.29 is 13.3 Å². The van der Waals surface area contributed by atoms with Gasteiger partial charge in [0, 0.05) is 68.0 Å². The quantitative estimate of drug-likeness (QED) is 0.180. The minimum atomic E-state index is -2.64. The van der Waals surface area contributed by atoms with Gasteiger partial charge in [-0.15, -0.1) is 0 Å². The third-order valence-electron chi connectivity index (χ3n) is 9.86. The van der Waals surface area contributed by atoms with Crippen LogP contribution in [-0.4, -0.2) is 52.9 Å².